The van der Waals surface area contributed by atoms with Crippen molar-refractivity contribution in [1.29, 1.82) is 0 Å². The van der Waals surface area contributed by atoms with Crippen molar-refractivity contribution >= 4 is 11.9 Å². The van der Waals surface area contributed by atoms with E-state index in [1.807, 2.05) is 0 Å². The molecule has 1 aliphatic carbocycles. The Morgan fingerprint density at radius 2 is 1.92 bits per heavy atom. The monoisotopic (exact) mass is 533 g/mol. The van der Waals surface area contributed by atoms with Crippen molar-refractivity contribution in [3.05, 3.63) is 64.8 Å². The third-order valence-corrected chi connectivity index (χ3v) is 5.78. The number of esters is 1. The highest BCUT2D eigenvalue weighted by Gasteiger charge is 2.25. The van der Waals surface area contributed by atoms with Crippen LogP contribution in [0.25, 0.3) is 11.5 Å². The summed E-state index contributed by atoms with van der Waals surface area (Å²) in [7, 11) is 1.10. The van der Waals surface area contributed by atoms with Gasteiger partial charge in [0.1, 0.15) is 17.3 Å². The van der Waals surface area contributed by atoms with E-state index in [4.69, 9.17) is 14.9 Å². The van der Waals surface area contributed by atoms with E-state index < -0.39 is 30.3 Å². The number of carbonyl (C=O) groups is 2. The maximum absolute atomic E-state index is 14.7. The van der Waals surface area contributed by atoms with Gasteiger partial charge in [-0.1, -0.05) is 6.07 Å². The number of aromatic nitrogens is 1. The smallest absolute Gasteiger partial charge is 0.387 e. The van der Waals surface area contributed by atoms with Crippen LogP contribution < -0.4 is 20.5 Å². The molecule has 1 saturated carbocycles. The van der Waals surface area contributed by atoms with Crippen LogP contribution in [0, 0.1) is 11.7 Å². The third kappa shape index (κ3) is 6.25. The summed E-state index contributed by atoms with van der Waals surface area (Å²) >= 11 is 0. The number of alkyl halides is 2. The van der Waals surface area contributed by atoms with E-state index in [0.29, 0.717) is 18.1 Å². The maximum atomic E-state index is 14.7. The molecular weight excluding hydrogens is 507 g/mol. The lowest BCUT2D eigenvalue weighted by molar-refractivity contribution is -0.0515. The summed E-state index contributed by atoms with van der Waals surface area (Å²) in [4.78, 5) is 28.8. The van der Waals surface area contributed by atoms with Gasteiger partial charge in [-0.15, -0.1) is 0 Å². The molecule has 0 aliphatic heterocycles. The number of amides is 1. The molecule has 4 rings (SSSR count). The quantitative estimate of drug-likeness (QED) is 0.343. The van der Waals surface area contributed by atoms with E-state index >= 15 is 0 Å². The molecule has 9 nitrogen and oxygen atoms in total. The van der Waals surface area contributed by atoms with E-state index in [1.165, 1.54) is 36.4 Å². The van der Waals surface area contributed by atoms with Crippen molar-refractivity contribution in [2.24, 2.45) is 11.7 Å². The van der Waals surface area contributed by atoms with E-state index in [1.54, 1.807) is 6.92 Å². The van der Waals surface area contributed by atoms with Crippen LogP contribution in [0.2, 0.25) is 0 Å². The minimum absolute atomic E-state index is 0.111. The van der Waals surface area contributed by atoms with Crippen molar-refractivity contribution in [3.63, 3.8) is 0 Å². The lowest BCUT2D eigenvalue weighted by Gasteiger charge is -2.12. The maximum Gasteiger partial charge on any atom is 0.387 e. The number of nitrogens with two attached hydrogens (primary N) is 1. The fraction of sp³-hybridized carbons (Fsp3) is 0.346. The van der Waals surface area contributed by atoms with Crippen molar-refractivity contribution in [1.82, 2.24) is 10.3 Å². The van der Waals surface area contributed by atoms with Gasteiger partial charge in [0.15, 0.2) is 11.5 Å². The van der Waals surface area contributed by atoms with Crippen LogP contribution in [0.15, 0.2) is 40.8 Å². The molecule has 0 unspecified atom stereocenters. The highest BCUT2D eigenvalue weighted by atomic mass is 19.3. The molecule has 1 fully saturated rings. The largest absolute Gasteiger partial charge is 0.489 e. The Morgan fingerprint density at radius 1 is 1.18 bits per heavy atom. The predicted octanol–water partition coefficient (Wildman–Crippen LogP) is 4.61. The zero-order valence-electron chi connectivity index (χ0n) is 20.6. The number of halogens is 3. The fourth-order valence-electron chi connectivity index (χ4n) is 3.64. The summed E-state index contributed by atoms with van der Waals surface area (Å²) in [6, 6.07) is 7.46. The van der Waals surface area contributed by atoms with Crippen LogP contribution >= 0.6 is 0 Å². The number of nitrogens with one attached hydrogen (secondary N) is 1. The summed E-state index contributed by atoms with van der Waals surface area (Å²) in [5.41, 5.74) is 5.99. The van der Waals surface area contributed by atoms with Gasteiger partial charge in [0.25, 0.3) is 5.91 Å². The van der Waals surface area contributed by atoms with E-state index in [9.17, 15) is 22.8 Å². The normalized spacial score (nSPS) is 13.8. The Kier molecular flexibility index (Phi) is 8.20. The molecule has 38 heavy (non-hydrogen) atoms. The second-order valence-corrected chi connectivity index (χ2v) is 8.75. The minimum Gasteiger partial charge on any atom is -0.489 e. The Hall–Kier alpha value is -4.06. The average Bonchev–Trinajstić information content (AvgIpc) is 3.62. The van der Waals surface area contributed by atoms with Gasteiger partial charge in [-0.25, -0.2) is 14.2 Å². The summed E-state index contributed by atoms with van der Waals surface area (Å²) < 4.78 is 61.0. The van der Waals surface area contributed by atoms with Crippen molar-refractivity contribution < 1.29 is 41.4 Å². The molecule has 1 heterocycles. The van der Waals surface area contributed by atoms with Gasteiger partial charge in [-0.2, -0.15) is 8.78 Å². The van der Waals surface area contributed by atoms with Gasteiger partial charge < -0.3 is 29.7 Å². The zero-order chi connectivity index (χ0) is 27.4. The Morgan fingerprint density at radius 3 is 2.58 bits per heavy atom. The van der Waals surface area contributed by atoms with Gasteiger partial charge in [-0.3, -0.25) is 4.79 Å². The number of nitrogens with zero attached hydrogens (tertiary/aromatic N) is 1. The number of hydrogen-bond acceptors (Lipinski definition) is 8. The number of rotatable bonds is 11. The van der Waals surface area contributed by atoms with E-state index in [0.717, 1.165) is 20.0 Å². The van der Waals surface area contributed by atoms with Crippen molar-refractivity contribution in [2.75, 3.05) is 13.7 Å². The van der Waals surface area contributed by atoms with Gasteiger partial charge >= 0.3 is 12.6 Å². The molecule has 2 aromatic carbocycles. The lowest BCUT2D eigenvalue weighted by Crippen LogP contribution is -2.25. The lowest BCUT2D eigenvalue weighted by atomic mass is 10.1. The van der Waals surface area contributed by atoms with Crippen LogP contribution in [0.5, 0.6) is 11.5 Å². The number of ether oxygens (including phenoxy) is 3. The predicted molar refractivity (Wildman–Crippen MR) is 128 cm³/mol. The molecule has 3 aromatic rings. The first kappa shape index (κ1) is 27.0. The summed E-state index contributed by atoms with van der Waals surface area (Å²) in [5, 5.41) is 2.54. The molecular formula is C26H26F3N3O6. The van der Waals surface area contributed by atoms with Crippen LogP contribution in [-0.2, 0) is 11.3 Å². The van der Waals surface area contributed by atoms with Gasteiger partial charge in [-0.05, 0) is 56.0 Å². The Labute approximate surface area is 216 Å². The minimum atomic E-state index is -3.02. The SMILES string of the molecule is COC(=O)c1cccc(C(=O)NCc2nc(-c3ccc(OC(F)F)c(OCC4CC4)c3)oc2[C@H](C)N)c1F. The Bertz CT molecular complexity index is 1320. The summed E-state index contributed by atoms with van der Waals surface area (Å²) in [5.74, 6) is -1.98. The molecule has 3 N–H and O–H groups in total. The topological polar surface area (TPSA) is 126 Å². The molecule has 1 atom stereocenters. The number of hydrogen-bond donors (Lipinski definition) is 2. The molecule has 0 spiro atoms. The van der Waals surface area contributed by atoms with Gasteiger partial charge in [0.05, 0.1) is 37.4 Å². The first-order chi connectivity index (χ1) is 18.2. The van der Waals surface area contributed by atoms with Gasteiger partial charge in [0, 0.05) is 5.56 Å². The van der Waals surface area contributed by atoms with Crippen LogP contribution in [0.3, 0.4) is 0 Å². The highest BCUT2D eigenvalue weighted by molar-refractivity contribution is 5.98. The molecule has 12 heteroatoms. The summed E-state index contributed by atoms with van der Waals surface area (Å²) in [6.07, 6.45) is 2.02. The molecule has 0 saturated heterocycles. The number of carbonyl (C=O) groups excluding carboxylic acids is 2. The molecule has 1 aliphatic rings. The number of benzene rings is 2. The second-order valence-electron chi connectivity index (χ2n) is 8.75. The highest BCUT2D eigenvalue weighted by Crippen LogP contribution is 2.37. The first-order valence-corrected chi connectivity index (χ1v) is 11.8. The Balaban J connectivity index is 1.56. The van der Waals surface area contributed by atoms with Gasteiger partial charge in [0.2, 0.25) is 5.89 Å². The molecule has 0 bridgehead atoms. The number of methoxy groups -OCH3 is 1. The standard InChI is InChI=1S/C26H26F3N3O6/c1-13(30)22-18(11-31-23(33)16-4-3-5-17(21(16)27)25(34)35-2)32-24(38-22)15-8-9-19(37-26(28)29)20(10-15)36-12-14-6-7-14/h3-5,8-10,13-14,26H,6-7,11-12,30H2,1-2H3,(H,31,33)/t13-/m0/s1. The second kappa shape index (κ2) is 11.5. The molecule has 0 radical (unpaired) electrons. The molecule has 1 aromatic heterocycles. The molecule has 202 valence electrons. The van der Waals surface area contributed by atoms with Crippen LogP contribution in [0.4, 0.5) is 13.2 Å². The van der Waals surface area contributed by atoms with Crippen LogP contribution in [-0.4, -0.2) is 37.2 Å². The first-order valence-electron chi connectivity index (χ1n) is 11.8. The third-order valence-electron chi connectivity index (χ3n) is 5.78. The van der Waals surface area contributed by atoms with Crippen LogP contribution in [0.1, 0.15) is 58.0 Å². The fourth-order valence-corrected chi connectivity index (χ4v) is 3.64. The van der Waals surface area contributed by atoms with Crippen molar-refractivity contribution in [3.8, 4) is 23.0 Å². The summed E-state index contributed by atoms with van der Waals surface area (Å²) in [6.45, 7) is -1.17. The van der Waals surface area contributed by atoms with Crippen molar-refractivity contribution in [2.45, 2.75) is 39.0 Å². The average molecular weight is 534 g/mol. The zero-order valence-corrected chi connectivity index (χ0v) is 20.6. The van der Waals surface area contributed by atoms with E-state index in [2.05, 4.69) is 19.8 Å². The number of oxazole rings is 1. The van der Waals surface area contributed by atoms with E-state index in [-0.39, 0.29) is 46.5 Å². The molecule has 1 amide bonds.